The first-order valence-electron chi connectivity index (χ1n) is 6.80. The first-order valence-corrected chi connectivity index (χ1v) is 6.80. The van der Waals surface area contributed by atoms with E-state index >= 15 is 0 Å². The van der Waals surface area contributed by atoms with Crippen molar-refractivity contribution in [1.29, 1.82) is 0 Å². The third-order valence-corrected chi connectivity index (χ3v) is 4.01. The number of carbonyl (C=O) groups is 1. The molecule has 1 heterocycles. The number of aromatic nitrogens is 2. The number of nitrogen functional groups attached to an aromatic ring is 1. The number of carbonyl (C=O) groups excluding carboxylic acids is 1. The molecule has 0 spiro atoms. The molecule has 6 nitrogen and oxygen atoms in total. The second-order valence-corrected chi connectivity index (χ2v) is 5.27. The summed E-state index contributed by atoms with van der Waals surface area (Å²) in [5, 5.41) is 16.2. The Balaban J connectivity index is 1.93. The third-order valence-electron chi connectivity index (χ3n) is 4.01. The lowest BCUT2D eigenvalue weighted by atomic mass is 9.79. The van der Waals surface area contributed by atoms with Gasteiger partial charge >= 0.3 is 0 Å². The van der Waals surface area contributed by atoms with Crippen LogP contribution in [0.4, 0.5) is 5.69 Å². The average Bonchev–Trinajstić information content (AvgIpc) is 2.76. The SMILES string of the molecule is Cn1ncc(N)c1C(=O)NCC1CCCCC1CO. The van der Waals surface area contributed by atoms with Gasteiger partial charge in [0.1, 0.15) is 5.69 Å². The smallest absolute Gasteiger partial charge is 0.271 e. The van der Waals surface area contributed by atoms with Crippen molar-refractivity contribution >= 4 is 11.6 Å². The Hall–Kier alpha value is -1.56. The van der Waals surface area contributed by atoms with Crippen molar-refractivity contribution in [1.82, 2.24) is 15.1 Å². The highest BCUT2D eigenvalue weighted by Crippen LogP contribution is 2.29. The van der Waals surface area contributed by atoms with Gasteiger partial charge in [-0.2, -0.15) is 5.10 Å². The van der Waals surface area contributed by atoms with Crippen molar-refractivity contribution in [2.24, 2.45) is 18.9 Å². The molecule has 0 aliphatic heterocycles. The van der Waals surface area contributed by atoms with Gasteiger partial charge in [-0.15, -0.1) is 0 Å². The molecule has 1 aliphatic rings. The highest BCUT2D eigenvalue weighted by molar-refractivity contribution is 5.97. The zero-order chi connectivity index (χ0) is 13.8. The molecule has 0 radical (unpaired) electrons. The zero-order valence-corrected chi connectivity index (χ0v) is 11.3. The molecule has 106 valence electrons. The maximum atomic E-state index is 12.1. The van der Waals surface area contributed by atoms with Crippen LogP contribution in [0.25, 0.3) is 0 Å². The summed E-state index contributed by atoms with van der Waals surface area (Å²) in [5.41, 5.74) is 6.51. The van der Waals surface area contributed by atoms with E-state index in [1.807, 2.05) is 0 Å². The van der Waals surface area contributed by atoms with Crippen LogP contribution in [-0.4, -0.2) is 33.9 Å². The lowest BCUT2D eigenvalue weighted by Gasteiger charge is -2.30. The van der Waals surface area contributed by atoms with Gasteiger partial charge in [-0.3, -0.25) is 9.48 Å². The molecule has 19 heavy (non-hydrogen) atoms. The summed E-state index contributed by atoms with van der Waals surface area (Å²) < 4.78 is 1.48. The van der Waals surface area contributed by atoms with Crippen LogP contribution in [0.2, 0.25) is 0 Å². The number of anilines is 1. The van der Waals surface area contributed by atoms with Gasteiger partial charge in [-0.05, 0) is 24.7 Å². The van der Waals surface area contributed by atoms with E-state index in [1.165, 1.54) is 23.7 Å². The first-order chi connectivity index (χ1) is 9.13. The van der Waals surface area contributed by atoms with E-state index in [9.17, 15) is 9.90 Å². The predicted octanol–water partition coefficient (Wildman–Crippen LogP) is 0.531. The van der Waals surface area contributed by atoms with E-state index in [0.29, 0.717) is 29.8 Å². The quantitative estimate of drug-likeness (QED) is 0.741. The Kier molecular flexibility index (Phi) is 4.42. The normalized spacial score (nSPS) is 23.3. The largest absolute Gasteiger partial charge is 0.396 e. The summed E-state index contributed by atoms with van der Waals surface area (Å²) in [7, 11) is 1.70. The van der Waals surface area contributed by atoms with Crippen molar-refractivity contribution in [3.05, 3.63) is 11.9 Å². The van der Waals surface area contributed by atoms with Gasteiger partial charge < -0.3 is 16.2 Å². The van der Waals surface area contributed by atoms with Crippen molar-refractivity contribution in [3.8, 4) is 0 Å². The number of nitrogens with one attached hydrogen (secondary N) is 1. The van der Waals surface area contributed by atoms with Gasteiger partial charge in [-0.1, -0.05) is 12.8 Å². The van der Waals surface area contributed by atoms with Gasteiger partial charge in [0.2, 0.25) is 0 Å². The molecule has 6 heteroatoms. The summed E-state index contributed by atoms with van der Waals surface area (Å²) in [6, 6.07) is 0. The third kappa shape index (κ3) is 3.07. The topological polar surface area (TPSA) is 93.2 Å². The van der Waals surface area contributed by atoms with Crippen LogP contribution < -0.4 is 11.1 Å². The van der Waals surface area contributed by atoms with Crippen molar-refractivity contribution in [2.45, 2.75) is 25.7 Å². The van der Waals surface area contributed by atoms with Gasteiger partial charge in [0.05, 0.1) is 11.9 Å². The van der Waals surface area contributed by atoms with Crippen LogP contribution in [0.15, 0.2) is 6.20 Å². The lowest BCUT2D eigenvalue weighted by molar-refractivity contribution is 0.0901. The van der Waals surface area contributed by atoms with Crippen LogP contribution >= 0.6 is 0 Å². The van der Waals surface area contributed by atoms with Crippen LogP contribution in [-0.2, 0) is 7.05 Å². The molecule has 0 aromatic carbocycles. The van der Waals surface area contributed by atoms with Gasteiger partial charge in [0.25, 0.3) is 5.91 Å². The number of aliphatic hydroxyl groups is 1. The van der Waals surface area contributed by atoms with Crippen LogP contribution in [0, 0.1) is 11.8 Å². The minimum atomic E-state index is -0.195. The van der Waals surface area contributed by atoms with Crippen LogP contribution in [0.1, 0.15) is 36.2 Å². The Morgan fingerprint density at radius 1 is 1.53 bits per heavy atom. The summed E-state index contributed by atoms with van der Waals surface area (Å²) in [5.74, 6) is 0.467. The lowest BCUT2D eigenvalue weighted by Crippen LogP contribution is -2.36. The number of hydrogen-bond donors (Lipinski definition) is 3. The number of hydrogen-bond acceptors (Lipinski definition) is 4. The molecule has 1 saturated carbocycles. The number of nitrogens with two attached hydrogens (primary N) is 1. The fraction of sp³-hybridized carbons (Fsp3) is 0.692. The Labute approximate surface area is 113 Å². The van der Waals surface area contributed by atoms with E-state index < -0.39 is 0 Å². The summed E-state index contributed by atoms with van der Waals surface area (Å²) in [6.45, 7) is 0.795. The Bertz CT molecular complexity index is 424. The molecular weight excluding hydrogens is 244 g/mol. The monoisotopic (exact) mass is 266 g/mol. The molecule has 1 fully saturated rings. The van der Waals surface area contributed by atoms with E-state index in [0.717, 1.165) is 12.8 Å². The van der Waals surface area contributed by atoms with E-state index in [-0.39, 0.29) is 12.5 Å². The number of amides is 1. The van der Waals surface area contributed by atoms with Crippen LogP contribution in [0.3, 0.4) is 0 Å². The van der Waals surface area contributed by atoms with E-state index in [4.69, 9.17) is 5.73 Å². The minimum absolute atomic E-state index is 0.195. The van der Waals surface area contributed by atoms with E-state index in [2.05, 4.69) is 10.4 Å². The highest BCUT2D eigenvalue weighted by Gasteiger charge is 2.25. The molecule has 2 unspecified atom stereocenters. The molecule has 0 bridgehead atoms. The van der Waals surface area contributed by atoms with Crippen LogP contribution in [0.5, 0.6) is 0 Å². The number of rotatable bonds is 4. The number of aliphatic hydroxyl groups excluding tert-OH is 1. The summed E-state index contributed by atoms with van der Waals surface area (Å²) in [4.78, 5) is 12.1. The molecule has 2 rings (SSSR count). The predicted molar refractivity (Wildman–Crippen MR) is 72.5 cm³/mol. The molecule has 0 saturated heterocycles. The molecule has 1 aromatic heterocycles. The fourth-order valence-corrected chi connectivity index (χ4v) is 2.83. The Morgan fingerprint density at radius 2 is 2.21 bits per heavy atom. The van der Waals surface area contributed by atoms with Gasteiger partial charge in [0.15, 0.2) is 0 Å². The van der Waals surface area contributed by atoms with Gasteiger partial charge in [-0.25, -0.2) is 0 Å². The molecule has 1 amide bonds. The summed E-state index contributed by atoms with van der Waals surface area (Å²) >= 11 is 0. The van der Waals surface area contributed by atoms with Crippen molar-refractivity contribution in [3.63, 3.8) is 0 Å². The van der Waals surface area contributed by atoms with Gasteiger partial charge in [0, 0.05) is 20.2 Å². The second kappa shape index (κ2) is 6.06. The highest BCUT2D eigenvalue weighted by atomic mass is 16.3. The zero-order valence-electron chi connectivity index (χ0n) is 11.3. The molecular formula is C13H22N4O2. The first kappa shape index (κ1) is 13.9. The molecule has 1 aliphatic carbocycles. The van der Waals surface area contributed by atoms with E-state index in [1.54, 1.807) is 7.05 Å². The van der Waals surface area contributed by atoms with Crippen molar-refractivity contribution in [2.75, 3.05) is 18.9 Å². The van der Waals surface area contributed by atoms with Crippen molar-refractivity contribution < 1.29 is 9.90 Å². The molecule has 2 atom stereocenters. The minimum Gasteiger partial charge on any atom is -0.396 e. The maximum absolute atomic E-state index is 12.1. The number of aryl methyl sites for hydroxylation is 1. The summed E-state index contributed by atoms with van der Waals surface area (Å²) in [6.07, 6.45) is 5.93. The fourth-order valence-electron chi connectivity index (χ4n) is 2.83. The maximum Gasteiger partial charge on any atom is 0.271 e. The second-order valence-electron chi connectivity index (χ2n) is 5.27. The average molecular weight is 266 g/mol. The number of nitrogens with zero attached hydrogens (tertiary/aromatic N) is 2. The standard InChI is InChI=1S/C13H22N4O2/c1-17-12(11(14)7-16-17)13(19)15-6-9-4-2-3-5-10(9)8-18/h7,9-10,18H,2-6,8,14H2,1H3,(H,15,19). The molecule has 4 N–H and O–H groups in total. The molecule has 1 aromatic rings. The Morgan fingerprint density at radius 3 is 2.79 bits per heavy atom.